The van der Waals surface area contributed by atoms with Crippen molar-refractivity contribution >= 4 is 6.34 Å². The minimum absolute atomic E-state index is 0.556. The van der Waals surface area contributed by atoms with Gasteiger partial charge >= 0.3 is 0 Å². The van der Waals surface area contributed by atoms with Gasteiger partial charge in [-0.25, -0.2) is 0 Å². The van der Waals surface area contributed by atoms with E-state index < -0.39 is 0 Å². The summed E-state index contributed by atoms with van der Waals surface area (Å²) in [4.78, 5) is 4.14. The van der Waals surface area contributed by atoms with Gasteiger partial charge in [0.1, 0.15) is 0 Å². The number of benzene rings is 1. The first kappa shape index (κ1) is 8.30. The fourth-order valence-corrected chi connectivity index (χ4v) is 1.55. The minimum Gasteiger partial charge on any atom is -0.372 e. The van der Waals surface area contributed by atoms with Crippen molar-refractivity contribution in [2.24, 2.45) is 4.99 Å². The molecule has 1 heterocycles. The largest absolute Gasteiger partial charge is 0.372 e. The smallest absolute Gasteiger partial charge is 0.0827 e. The van der Waals surface area contributed by atoms with Crippen LogP contribution in [0, 0.1) is 0 Å². The van der Waals surface area contributed by atoms with Gasteiger partial charge in [0.25, 0.3) is 0 Å². The van der Waals surface area contributed by atoms with Crippen LogP contribution in [0.25, 0.3) is 0 Å². The maximum absolute atomic E-state index is 4.14. The normalized spacial score (nSPS) is 20.2. The molecule has 1 N–H and O–H groups in total. The van der Waals surface area contributed by atoms with Crippen molar-refractivity contribution in [2.45, 2.75) is 18.9 Å². The van der Waals surface area contributed by atoms with Crippen molar-refractivity contribution in [2.75, 3.05) is 6.54 Å². The second kappa shape index (κ2) is 4.08. The maximum Gasteiger partial charge on any atom is 0.0827 e. The molecule has 0 fully saturated rings. The van der Waals surface area contributed by atoms with Crippen LogP contribution < -0.4 is 5.32 Å². The lowest BCUT2D eigenvalue weighted by molar-refractivity contribution is 0.604. The SMILES string of the molecule is C1=NCC(CCc2ccccc2)N1. The second-order valence-corrected chi connectivity index (χ2v) is 3.38. The Bertz CT molecular complexity index is 271. The molecule has 68 valence electrons. The van der Waals surface area contributed by atoms with Crippen molar-refractivity contribution in [1.82, 2.24) is 5.32 Å². The zero-order chi connectivity index (χ0) is 8.93. The second-order valence-electron chi connectivity index (χ2n) is 3.38. The van der Waals surface area contributed by atoms with Gasteiger partial charge in [-0.3, -0.25) is 4.99 Å². The van der Waals surface area contributed by atoms with Gasteiger partial charge in [-0.05, 0) is 18.4 Å². The first-order chi connectivity index (χ1) is 6.45. The van der Waals surface area contributed by atoms with E-state index in [9.17, 15) is 0 Å². The van der Waals surface area contributed by atoms with E-state index in [1.54, 1.807) is 0 Å². The Morgan fingerprint density at radius 1 is 1.31 bits per heavy atom. The highest BCUT2D eigenvalue weighted by molar-refractivity contribution is 5.57. The molecular weight excluding hydrogens is 160 g/mol. The molecule has 2 nitrogen and oxygen atoms in total. The van der Waals surface area contributed by atoms with Crippen LogP contribution in [-0.2, 0) is 6.42 Å². The lowest BCUT2D eigenvalue weighted by Gasteiger charge is -2.08. The molecule has 2 rings (SSSR count). The van der Waals surface area contributed by atoms with Gasteiger partial charge < -0.3 is 5.32 Å². The molecule has 0 radical (unpaired) electrons. The molecule has 0 saturated carbocycles. The van der Waals surface area contributed by atoms with Crippen molar-refractivity contribution in [3.05, 3.63) is 35.9 Å². The number of hydrogen-bond donors (Lipinski definition) is 1. The number of rotatable bonds is 3. The van der Waals surface area contributed by atoms with Crippen LogP contribution in [-0.4, -0.2) is 18.9 Å². The molecule has 1 aromatic rings. The van der Waals surface area contributed by atoms with Crippen LogP contribution in [0.1, 0.15) is 12.0 Å². The highest BCUT2D eigenvalue weighted by Gasteiger charge is 2.09. The summed E-state index contributed by atoms with van der Waals surface area (Å²) in [5.41, 5.74) is 1.41. The molecule has 0 aliphatic carbocycles. The van der Waals surface area contributed by atoms with Crippen molar-refractivity contribution < 1.29 is 0 Å². The highest BCUT2D eigenvalue weighted by atomic mass is 15.0. The molecule has 13 heavy (non-hydrogen) atoms. The van der Waals surface area contributed by atoms with E-state index in [1.165, 1.54) is 12.0 Å². The zero-order valence-electron chi connectivity index (χ0n) is 7.61. The van der Waals surface area contributed by atoms with Crippen LogP contribution in [0.3, 0.4) is 0 Å². The molecule has 2 heteroatoms. The Hall–Kier alpha value is -1.31. The highest BCUT2D eigenvalue weighted by Crippen LogP contribution is 2.06. The standard InChI is InChI=1S/C11H14N2/c1-2-4-10(5-3-1)6-7-11-8-12-9-13-11/h1-5,9,11H,6-8H2,(H,12,13). The van der Waals surface area contributed by atoms with Crippen LogP contribution in [0.2, 0.25) is 0 Å². The fourth-order valence-electron chi connectivity index (χ4n) is 1.55. The van der Waals surface area contributed by atoms with Gasteiger partial charge in [0.2, 0.25) is 0 Å². The molecular formula is C11H14N2. The third-order valence-electron chi connectivity index (χ3n) is 2.35. The fraction of sp³-hybridized carbons (Fsp3) is 0.364. The molecule has 1 aromatic carbocycles. The van der Waals surface area contributed by atoms with Crippen LogP contribution in [0.4, 0.5) is 0 Å². The van der Waals surface area contributed by atoms with Crippen LogP contribution in [0.5, 0.6) is 0 Å². The molecule has 0 spiro atoms. The summed E-state index contributed by atoms with van der Waals surface area (Å²) in [7, 11) is 0. The monoisotopic (exact) mass is 174 g/mol. The molecule has 0 amide bonds. The van der Waals surface area contributed by atoms with E-state index in [2.05, 4.69) is 40.6 Å². The lowest BCUT2D eigenvalue weighted by Crippen LogP contribution is -2.24. The molecule has 0 aromatic heterocycles. The van der Waals surface area contributed by atoms with Crippen molar-refractivity contribution in [1.29, 1.82) is 0 Å². The lowest BCUT2D eigenvalue weighted by atomic mass is 10.1. The predicted molar refractivity (Wildman–Crippen MR) is 55.0 cm³/mol. The molecule has 1 unspecified atom stereocenters. The predicted octanol–water partition coefficient (Wildman–Crippen LogP) is 1.62. The van der Waals surface area contributed by atoms with Crippen LogP contribution >= 0.6 is 0 Å². The zero-order valence-corrected chi connectivity index (χ0v) is 7.61. The average molecular weight is 174 g/mol. The van der Waals surface area contributed by atoms with E-state index in [1.807, 2.05) is 6.34 Å². The molecule has 0 bridgehead atoms. The summed E-state index contributed by atoms with van der Waals surface area (Å²) < 4.78 is 0. The summed E-state index contributed by atoms with van der Waals surface area (Å²) in [5.74, 6) is 0. The number of nitrogens with zero attached hydrogens (tertiary/aromatic N) is 1. The van der Waals surface area contributed by atoms with Gasteiger partial charge in [-0.15, -0.1) is 0 Å². The number of aliphatic imine (C=N–C) groups is 1. The van der Waals surface area contributed by atoms with E-state index in [0.717, 1.165) is 13.0 Å². The van der Waals surface area contributed by atoms with E-state index >= 15 is 0 Å². The van der Waals surface area contributed by atoms with E-state index in [0.29, 0.717) is 6.04 Å². The Morgan fingerprint density at radius 2 is 2.15 bits per heavy atom. The summed E-state index contributed by atoms with van der Waals surface area (Å²) in [6.07, 6.45) is 4.13. The summed E-state index contributed by atoms with van der Waals surface area (Å²) >= 11 is 0. The molecule has 1 atom stereocenters. The average Bonchev–Trinajstić information content (AvgIpc) is 2.69. The topological polar surface area (TPSA) is 24.4 Å². The third kappa shape index (κ3) is 2.31. The van der Waals surface area contributed by atoms with E-state index in [-0.39, 0.29) is 0 Å². The molecule has 0 saturated heterocycles. The van der Waals surface area contributed by atoms with Gasteiger partial charge in [0.05, 0.1) is 12.9 Å². The number of nitrogens with one attached hydrogen (secondary N) is 1. The molecule has 1 aliphatic heterocycles. The maximum atomic E-state index is 4.14. The number of aryl methyl sites for hydroxylation is 1. The Labute approximate surface area is 78.7 Å². The third-order valence-corrected chi connectivity index (χ3v) is 2.35. The Kier molecular flexibility index (Phi) is 2.60. The number of hydrogen-bond acceptors (Lipinski definition) is 2. The Balaban J connectivity index is 1.80. The van der Waals surface area contributed by atoms with Gasteiger partial charge in [0.15, 0.2) is 0 Å². The van der Waals surface area contributed by atoms with Crippen molar-refractivity contribution in [3.63, 3.8) is 0 Å². The quantitative estimate of drug-likeness (QED) is 0.739. The van der Waals surface area contributed by atoms with Gasteiger partial charge in [-0.2, -0.15) is 0 Å². The summed E-state index contributed by atoms with van der Waals surface area (Å²) in [6.45, 7) is 0.937. The molecule has 1 aliphatic rings. The first-order valence-electron chi connectivity index (χ1n) is 4.73. The van der Waals surface area contributed by atoms with Crippen molar-refractivity contribution in [3.8, 4) is 0 Å². The van der Waals surface area contributed by atoms with Gasteiger partial charge in [0, 0.05) is 6.04 Å². The first-order valence-corrected chi connectivity index (χ1v) is 4.73. The van der Waals surface area contributed by atoms with E-state index in [4.69, 9.17) is 0 Å². The van der Waals surface area contributed by atoms with Crippen LogP contribution in [0.15, 0.2) is 35.3 Å². The summed E-state index contributed by atoms with van der Waals surface area (Å²) in [5, 5.41) is 3.24. The minimum atomic E-state index is 0.556. The van der Waals surface area contributed by atoms with Gasteiger partial charge in [-0.1, -0.05) is 30.3 Å². The Morgan fingerprint density at radius 3 is 2.85 bits per heavy atom. The summed E-state index contributed by atoms with van der Waals surface area (Å²) in [6, 6.07) is 11.1.